The van der Waals surface area contributed by atoms with Crippen molar-refractivity contribution in [1.82, 2.24) is 24.8 Å². The number of aromatic amines is 1. The van der Waals surface area contributed by atoms with E-state index in [0.717, 1.165) is 55.2 Å². The van der Waals surface area contributed by atoms with Crippen LogP contribution in [-0.4, -0.2) is 50.3 Å². The zero-order chi connectivity index (χ0) is 21.9. The molecular formula is C25H33N5O2. The molecule has 0 spiro atoms. The maximum Gasteiger partial charge on any atom is 0.255 e. The molecule has 7 nitrogen and oxygen atoms in total. The van der Waals surface area contributed by atoms with Gasteiger partial charge >= 0.3 is 0 Å². The third kappa shape index (κ3) is 4.63. The van der Waals surface area contributed by atoms with Gasteiger partial charge in [0.05, 0.1) is 23.7 Å². The van der Waals surface area contributed by atoms with Gasteiger partial charge in [-0.25, -0.2) is 4.98 Å². The van der Waals surface area contributed by atoms with E-state index in [4.69, 9.17) is 4.98 Å². The van der Waals surface area contributed by atoms with Crippen LogP contribution in [0.15, 0.2) is 29.2 Å². The third-order valence-electron chi connectivity index (χ3n) is 7.35. The van der Waals surface area contributed by atoms with Gasteiger partial charge in [-0.3, -0.25) is 19.5 Å². The van der Waals surface area contributed by atoms with Gasteiger partial charge < -0.3 is 9.88 Å². The van der Waals surface area contributed by atoms with Crippen molar-refractivity contribution in [3.05, 3.63) is 57.5 Å². The number of nitrogens with zero attached hydrogens (tertiary/aromatic N) is 4. The molecule has 1 N–H and O–H groups in total. The van der Waals surface area contributed by atoms with Crippen molar-refractivity contribution in [1.29, 1.82) is 0 Å². The number of amides is 1. The first-order chi connectivity index (χ1) is 15.7. The normalized spacial score (nSPS) is 22.1. The number of aromatic nitrogens is 3. The van der Waals surface area contributed by atoms with E-state index < -0.39 is 0 Å². The lowest BCUT2D eigenvalue weighted by Crippen LogP contribution is -2.40. The van der Waals surface area contributed by atoms with Crippen LogP contribution < -0.4 is 5.56 Å². The SMILES string of the molecule is O=C(Cc1ccccn1)N1CCC[C@@H]1c1nc2c(c(=O)[nH]1)CN(CC1CCCCC1)CC2. The number of nitrogens with one attached hydrogen (secondary N) is 1. The van der Waals surface area contributed by atoms with Gasteiger partial charge in [-0.15, -0.1) is 0 Å². The first-order valence-corrected chi connectivity index (χ1v) is 12.2. The maximum atomic E-state index is 13.0. The summed E-state index contributed by atoms with van der Waals surface area (Å²) in [7, 11) is 0. The number of H-pyrrole nitrogens is 1. The number of hydrogen-bond donors (Lipinski definition) is 1. The smallest absolute Gasteiger partial charge is 0.255 e. The molecule has 32 heavy (non-hydrogen) atoms. The average Bonchev–Trinajstić information content (AvgIpc) is 3.31. The van der Waals surface area contributed by atoms with E-state index in [1.807, 2.05) is 23.1 Å². The molecule has 5 rings (SSSR count). The molecule has 0 unspecified atom stereocenters. The lowest BCUT2D eigenvalue weighted by atomic mass is 9.88. The minimum absolute atomic E-state index is 0.0256. The quantitative estimate of drug-likeness (QED) is 0.781. The molecule has 1 amide bonds. The van der Waals surface area contributed by atoms with Gasteiger partial charge in [0.1, 0.15) is 5.82 Å². The molecule has 1 aliphatic carbocycles. The topological polar surface area (TPSA) is 82.2 Å². The highest BCUT2D eigenvalue weighted by atomic mass is 16.2. The minimum Gasteiger partial charge on any atom is -0.332 e. The van der Waals surface area contributed by atoms with Crippen LogP contribution in [0.4, 0.5) is 0 Å². The van der Waals surface area contributed by atoms with Crippen molar-refractivity contribution in [2.45, 2.75) is 70.4 Å². The van der Waals surface area contributed by atoms with E-state index >= 15 is 0 Å². The Kier molecular flexibility index (Phi) is 6.35. The third-order valence-corrected chi connectivity index (χ3v) is 7.35. The number of carbonyl (C=O) groups excluding carboxylic acids is 1. The highest BCUT2D eigenvalue weighted by Crippen LogP contribution is 2.31. The number of carbonyl (C=O) groups is 1. The molecule has 3 aliphatic rings. The standard InChI is InChI=1S/C25H33N5O2/c31-23(15-19-9-4-5-12-26-19)30-13-6-10-22(30)24-27-21-11-14-29(17-20(21)25(32)28-24)16-18-7-2-1-3-8-18/h4-5,9,12,18,22H,1-3,6-8,10-11,13-17H2,(H,27,28,32)/t22-/m1/s1. The Balaban J connectivity index is 1.29. The Morgan fingerprint density at radius 1 is 1.09 bits per heavy atom. The molecule has 0 aromatic carbocycles. The van der Waals surface area contributed by atoms with Crippen molar-refractivity contribution < 1.29 is 4.79 Å². The van der Waals surface area contributed by atoms with Crippen molar-refractivity contribution in [3.63, 3.8) is 0 Å². The summed E-state index contributed by atoms with van der Waals surface area (Å²) in [6.07, 6.45) is 11.3. The molecule has 1 saturated carbocycles. The lowest BCUT2D eigenvalue weighted by molar-refractivity contribution is -0.131. The fourth-order valence-electron chi connectivity index (χ4n) is 5.66. The van der Waals surface area contributed by atoms with Crippen LogP contribution >= 0.6 is 0 Å². The van der Waals surface area contributed by atoms with Crippen molar-refractivity contribution >= 4 is 5.91 Å². The Morgan fingerprint density at radius 2 is 1.97 bits per heavy atom. The highest BCUT2D eigenvalue weighted by molar-refractivity contribution is 5.79. The molecule has 2 aliphatic heterocycles. The Labute approximate surface area is 189 Å². The van der Waals surface area contributed by atoms with Crippen molar-refractivity contribution in [2.75, 3.05) is 19.6 Å². The molecule has 1 atom stereocenters. The van der Waals surface area contributed by atoms with Gasteiger partial charge in [0, 0.05) is 44.5 Å². The van der Waals surface area contributed by atoms with Crippen LogP contribution in [0.3, 0.4) is 0 Å². The molecule has 2 aromatic heterocycles. The summed E-state index contributed by atoms with van der Waals surface area (Å²) in [4.78, 5) is 42.5. The van der Waals surface area contributed by atoms with E-state index in [0.29, 0.717) is 18.9 Å². The Bertz CT molecular complexity index is 999. The predicted octanol–water partition coefficient (Wildman–Crippen LogP) is 3.01. The summed E-state index contributed by atoms with van der Waals surface area (Å²) >= 11 is 0. The zero-order valence-electron chi connectivity index (χ0n) is 18.8. The van der Waals surface area contributed by atoms with Crippen LogP contribution in [0, 0.1) is 5.92 Å². The van der Waals surface area contributed by atoms with E-state index in [9.17, 15) is 9.59 Å². The molecule has 0 bridgehead atoms. The monoisotopic (exact) mass is 435 g/mol. The van der Waals surface area contributed by atoms with Crippen LogP contribution in [0.5, 0.6) is 0 Å². The fraction of sp³-hybridized carbons (Fsp3) is 0.600. The average molecular weight is 436 g/mol. The van der Waals surface area contributed by atoms with E-state index in [1.165, 1.54) is 32.1 Å². The second-order valence-corrected chi connectivity index (χ2v) is 9.61. The first-order valence-electron chi connectivity index (χ1n) is 12.2. The molecule has 7 heteroatoms. The van der Waals surface area contributed by atoms with Crippen LogP contribution in [0.1, 0.15) is 73.8 Å². The van der Waals surface area contributed by atoms with Crippen LogP contribution in [-0.2, 0) is 24.2 Å². The fourth-order valence-corrected chi connectivity index (χ4v) is 5.66. The molecule has 1 saturated heterocycles. The van der Waals surface area contributed by atoms with Crippen LogP contribution in [0.2, 0.25) is 0 Å². The lowest BCUT2D eigenvalue weighted by Gasteiger charge is -2.33. The van der Waals surface area contributed by atoms with Crippen LogP contribution in [0.25, 0.3) is 0 Å². The number of pyridine rings is 1. The summed E-state index contributed by atoms with van der Waals surface area (Å²) in [6.45, 7) is 3.46. The largest absolute Gasteiger partial charge is 0.332 e. The molecule has 0 radical (unpaired) electrons. The van der Waals surface area contributed by atoms with E-state index in [1.54, 1.807) is 6.20 Å². The van der Waals surface area contributed by atoms with Gasteiger partial charge in [-0.05, 0) is 43.7 Å². The molecule has 170 valence electrons. The molecule has 2 aromatic rings. The minimum atomic E-state index is -0.149. The molecule has 4 heterocycles. The van der Waals surface area contributed by atoms with E-state index in [-0.39, 0.29) is 23.9 Å². The Hall–Kier alpha value is -2.54. The van der Waals surface area contributed by atoms with Gasteiger partial charge in [-0.2, -0.15) is 0 Å². The summed E-state index contributed by atoms with van der Waals surface area (Å²) in [5, 5.41) is 0. The summed E-state index contributed by atoms with van der Waals surface area (Å²) < 4.78 is 0. The molecule has 2 fully saturated rings. The van der Waals surface area contributed by atoms with Gasteiger partial charge in [0.2, 0.25) is 5.91 Å². The summed E-state index contributed by atoms with van der Waals surface area (Å²) in [5.41, 5.74) is 2.49. The predicted molar refractivity (Wildman–Crippen MR) is 122 cm³/mol. The second-order valence-electron chi connectivity index (χ2n) is 9.61. The van der Waals surface area contributed by atoms with Crippen molar-refractivity contribution in [2.24, 2.45) is 5.92 Å². The van der Waals surface area contributed by atoms with E-state index in [2.05, 4.69) is 14.9 Å². The number of hydrogen-bond acceptors (Lipinski definition) is 5. The highest BCUT2D eigenvalue weighted by Gasteiger charge is 2.33. The number of rotatable bonds is 5. The number of likely N-dealkylation sites (tertiary alicyclic amines) is 1. The van der Waals surface area contributed by atoms with Crippen molar-refractivity contribution in [3.8, 4) is 0 Å². The van der Waals surface area contributed by atoms with Gasteiger partial charge in [-0.1, -0.05) is 25.3 Å². The summed E-state index contributed by atoms with van der Waals surface area (Å²) in [5.74, 6) is 1.47. The summed E-state index contributed by atoms with van der Waals surface area (Å²) in [6, 6.07) is 5.48. The number of fused-ring (bicyclic) bond motifs is 1. The molecular weight excluding hydrogens is 402 g/mol. The zero-order valence-corrected chi connectivity index (χ0v) is 18.8. The van der Waals surface area contributed by atoms with Gasteiger partial charge in [0.25, 0.3) is 5.56 Å². The first kappa shape index (κ1) is 21.3. The van der Waals surface area contributed by atoms with Gasteiger partial charge in [0.15, 0.2) is 0 Å². The second kappa shape index (κ2) is 9.53. The Morgan fingerprint density at radius 3 is 2.78 bits per heavy atom. The maximum absolute atomic E-state index is 13.0.